The zero-order chi connectivity index (χ0) is 15.2. The van der Waals surface area contributed by atoms with Gasteiger partial charge in [0.1, 0.15) is 11.9 Å². The third kappa shape index (κ3) is 4.01. The summed E-state index contributed by atoms with van der Waals surface area (Å²) in [4.78, 5) is 24.7. The first-order valence-corrected chi connectivity index (χ1v) is 6.82. The molecule has 0 saturated carbocycles. The van der Waals surface area contributed by atoms with E-state index in [1.807, 2.05) is 0 Å². The van der Waals surface area contributed by atoms with E-state index in [0.717, 1.165) is 0 Å². The fourth-order valence-electron chi connectivity index (χ4n) is 2.27. The second-order valence-electron chi connectivity index (χ2n) is 4.80. The van der Waals surface area contributed by atoms with Crippen LogP contribution in [0, 0.1) is 5.82 Å². The first kappa shape index (κ1) is 15.4. The Morgan fingerprint density at radius 3 is 2.86 bits per heavy atom. The largest absolute Gasteiger partial charge is 0.469 e. The lowest BCUT2D eigenvalue weighted by Crippen LogP contribution is -2.42. The Kier molecular flexibility index (Phi) is 5.27. The van der Waals surface area contributed by atoms with Gasteiger partial charge in [-0.05, 0) is 6.07 Å². The molecule has 1 atom stereocenters. The summed E-state index contributed by atoms with van der Waals surface area (Å²) in [6.45, 7) is 1.09. The van der Waals surface area contributed by atoms with Crippen molar-refractivity contribution >= 4 is 11.9 Å². The number of benzene rings is 1. The number of halogens is 1. The number of hydrogen-bond acceptors (Lipinski definition) is 4. The maximum absolute atomic E-state index is 13.8. The van der Waals surface area contributed by atoms with Crippen molar-refractivity contribution < 1.29 is 23.5 Å². The Morgan fingerprint density at radius 1 is 1.38 bits per heavy atom. The number of morpholine rings is 1. The topological polar surface area (TPSA) is 55.8 Å². The highest BCUT2D eigenvalue weighted by molar-refractivity contribution is 5.81. The lowest BCUT2D eigenvalue weighted by molar-refractivity contribution is -0.146. The number of carbonyl (C=O) groups excluding carboxylic acids is 2. The second kappa shape index (κ2) is 7.17. The van der Waals surface area contributed by atoms with E-state index < -0.39 is 12.1 Å². The summed E-state index contributed by atoms with van der Waals surface area (Å²) >= 11 is 0. The smallest absolute Gasteiger partial charge is 0.306 e. The number of carbonyl (C=O) groups is 2. The zero-order valence-corrected chi connectivity index (χ0v) is 11.9. The van der Waals surface area contributed by atoms with Crippen molar-refractivity contribution in [3.63, 3.8) is 0 Å². The monoisotopic (exact) mass is 295 g/mol. The molecule has 1 aromatic carbocycles. The van der Waals surface area contributed by atoms with Crippen molar-refractivity contribution in [2.45, 2.75) is 18.9 Å². The van der Waals surface area contributed by atoms with Gasteiger partial charge in [-0.25, -0.2) is 4.39 Å². The number of ether oxygens (including phenoxy) is 2. The normalized spacial score (nSPS) is 18.4. The van der Waals surface area contributed by atoms with Crippen LogP contribution in [0.5, 0.6) is 0 Å². The molecule has 1 amide bonds. The molecule has 0 aromatic heterocycles. The second-order valence-corrected chi connectivity index (χ2v) is 4.80. The number of hydrogen-bond donors (Lipinski definition) is 0. The van der Waals surface area contributed by atoms with Crippen molar-refractivity contribution in [1.82, 2.24) is 4.90 Å². The number of amides is 1. The Morgan fingerprint density at radius 2 is 2.14 bits per heavy atom. The molecule has 0 radical (unpaired) electrons. The first-order chi connectivity index (χ1) is 10.1. The number of esters is 1. The highest BCUT2D eigenvalue weighted by atomic mass is 19.1. The highest BCUT2D eigenvalue weighted by Crippen LogP contribution is 2.24. The maximum atomic E-state index is 13.8. The van der Waals surface area contributed by atoms with Crippen molar-refractivity contribution in [3.8, 4) is 0 Å². The summed E-state index contributed by atoms with van der Waals surface area (Å²) < 4.78 is 23.8. The number of methoxy groups -OCH3 is 1. The molecule has 1 fully saturated rings. The SMILES string of the molecule is COC(=O)CCC(=O)N1CCOC(c2ccccc2F)C1. The quantitative estimate of drug-likeness (QED) is 0.793. The van der Waals surface area contributed by atoms with Gasteiger partial charge in [-0.15, -0.1) is 0 Å². The Balaban J connectivity index is 1.96. The van der Waals surface area contributed by atoms with Crippen molar-refractivity contribution in [2.24, 2.45) is 0 Å². The molecule has 0 N–H and O–H groups in total. The van der Waals surface area contributed by atoms with E-state index in [1.54, 1.807) is 23.1 Å². The van der Waals surface area contributed by atoms with Gasteiger partial charge in [0.25, 0.3) is 0 Å². The fourth-order valence-corrected chi connectivity index (χ4v) is 2.27. The summed E-state index contributed by atoms with van der Waals surface area (Å²) in [5, 5.41) is 0. The van der Waals surface area contributed by atoms with Crippen LogP contribution in [-0.4, -0.2) is 43.6 Å². The van der Waals surface area contributed by atoms with Crippen molar-refractivity contribution in [3.05, 3.63) is 35.6 Å². The van der Waals surface area contributed by atoms with Crippen LogP contribution < -0.4 is 0 Å². The van der Waals surface area contributed by atoms with Crippen molar-refractivity contribution in [1.29, 1.82) is 0 Å². The maximum Gasteiger partial charge on any atom is 0.306 e. The molecule has 0 aliphatic carbocycles. The van der Waals surface area contributed by atoms with Crippen LogP contribution in [0.1, 0.15) is 24.5 Å². The predicted octanol–water partition coefficient (Wildman–Crippen LogP) is 1.68. The molecular weight excluding hydrogens is 277 g/mol. The molecule has 1 aliphatic rings. The average Bonchev–Trinajstić information content (AvgIpc) is 2.52. The Bertz CT molecular complexity index is 520. The molecule has 1 heterocycles. The van der Waals surface area contributed by atoms with E-state index in [0.29, 0.717) is 25.3 Å². The van der Waals surface area contributed by atoms with Gasteiger partial charge in [0, 0.05) is 18.5 Å². The van der Waals surface area contributed by atoms with Gasteiger partial charge < -0.3 is 14.4 Å². The summed E-state index contributed by atoms with van der Waals surface area (Å²) in [5.74, 6) is -0.904. The molecule has 0 bridgehead atoms. The van der Waals surface area contributed by atoms with E-state index >= 15 is 0 Å². The Labute approximate surface area is 122 Å². The van der Waals surface area contributed by atoms with Gasteiger partial charge in [-0.1, -0.05) is 18.2 Å². The standard InChI is InChI=1S/C15H18FNO4/c1-20-15(19)7-6-14(18)17-8-9-21-13(10-17)11-4-2-3-5-12(11)16/h2-5,13H,6-10H2,1H3. The van der Waals surface area contributed by atoms with E-state index in [4.69, 9.17) is 4.74 Å². The number of nitrogens with zero attached hydrogens (tertiary/aromatic N) is 1. The van der Waals surface area contributed by atoms with Crippen LogP contribution in [0.2, 0.25) is 0 Å². The third-order valence-electron chi connectivity index (χ3n) is 3.44. The van der Waals surface area contributed by atoms with Gasteiger partial charge in [0.05, 0.1) is 26.7 Å². The summed E-state index contributed by atoms with van der Waals surface area (Å²) in [6.07, 6.45) is -0.324. The van der Waals surface area contributed by atoms with Crippen LogP contribution in [0.3, 0.4) is 0 Å². The van der Waals surface area contributed by atoms with Crippen LogP contribution in [0.15, 0.2) is 24.3 Å². The van der Waals surface area contributed by atoms with Crippen LogP contribution >= 0.6 is 0 Å². The number of rotatable bonds is 4. The van der Waals surface area contributed by atoms with Gasteiger partial charge in [-0.3, -0.25) is 9.59 Å². The molecule has 114 valence electrons. The molecular formula is C15H18FNO4. The lowest BCUT2D eigenvalue weighted by Gasteiger charge is -2.33. The van der Waals surface area contributed by atoms with Crippen molar-refractivity contribution in [2.75, 3.05) is 26.8 Å². The molecule has 0 spiro atoms. The molecule has 5 nitrogen and oxygen atoms in total. The van der Waals surface area contributed by atoms with E-state index in [9.17, 15) is 14.0 Å². The van der Waals surface area contributed by atoms with Gasteiger partial charge in [0.2, 0.25) is 5.91 Å². The third-order valence-corrected chi connectivity index (χ3v) is 3.44. The minimum Gasteiger partial charge on any atom is -0.469 e. The van der Waals surface area contributed by atoms with E-state index in [1.165, 1.54) is 13.2 Å². The first-order valence-electron chi connectivity index (χ1n) is 6.82. The van der Waals surface area contributed by atoms with Crippen LogP contribution in [0.25, 0.3) is 0 Å². The zero-order valence-electron chi connectivity index (χ0n) is 11.9. The summed E-state index contributed by atoms with van der Waals surface area (Å²) in [7, 11) is 1.29. The average molecular weight is 295 g/mol. The summed E-state index contributed by atoms with van der Waals surface area (Å²) in [6, 6.07) is 6.37. The Hall–Kier alpha value is -1.95. The lowest BCUT2D eigenvalue weighted by atomic mass is 10.1. The van der Waals surface area contributed by atoms with Crippen LogP contribution in [0.4, 0.5) is 4.39 Å². The minimum atomic E-state index is -0.470. The molecule has 2 rings (SSSR count). The molecule has 1 saturated heterocycles. The highest BCUT2D eigenvalue weighted by Gasteiger charge is 2.27. The predicted molar refractivity (Wildman–Crippen MR) is 72.9 cm³/mol. The summed E-state index contributed by atoms with van der Waals surface area (Å²) in [5.41, 5.74) is 0.447. The van der Waals surface area contributed by atoms with Gasteiger partial charge in [0.15, 0.2) is 0 Å². The van der Waals surface area contributed by atoms with Crippen LogP contribution in [-0.2, 0) is 19.1 Å². The molecule has 21 heavy (non-hydrogen) atoms. The van der Waals surface area contributed by atoms with E-state index in [-0.39, 0.29) is 24.6 Å². The fraction of sp³-hybridized carbons (Fsp3) is 0.467. The molecule has 1 aromatic rings. The van der Waals surface area contributed by atoms with Gasteiger partial charge in [-0.2, -0.15) is 0 Å². The molecule has 1 aliphatic heterocycles. The van der Waals surface area contributed by atoms with Gasteiger partial charge >= 0.3 is 5.97 Å². The van der Waals surface area contributed by atoms with E-state index in [2.05, 4.69) is 4.74 Å². The minimum absolute atomic E-state index is 0.0526. The molecule has 1 unspecified atom stereocenters. The molecule has 6 heteroatoms.